The SMILES string of the molecule is CN=C(NCCc1nc(C)c(C)s1)NCc1ccccc1CN1CCCCC1C. The Kier molecular flexibility index (Phi) is 8.07. The summed E-state index contributed by atoms with van der Waals surface area (Å²) in [6.07, 6.45) is 4.92. The van der Waals surface area contributed by atoms with Crippen LogP contribution in [0.2, 0.25) is 0 Å². The molecule has 0 saturated carbocycles. The quantitative estimate of drug-likeness (QED) is 0.531. The van der Waals surface area contributed by atoms with Crippen molar-refractivity contribution in [3.8, 4) is 0 Å². The molecule has 0 spiro atoms. The fourth-order valence-corrected chi connectivity index (χ4v) is 4.76. The predicted octanol–water partition coefficient (Wildman–Crippen LogP) is 4.04. The van der Waals surface area contributed by atoms with Gasteiger partial charge in [0.05, 0.1) is 10.7 Å². The average Bonchev–Trinajstić information content (AvgIpc) is 3.04. The molecule has 1 saturated heterocycles. The van der Waals surface area contributed by atoms with Gasteiger partial charge in [-0.15, -0.1) is 11.3 Å². The van der Waals surface area contributed by atoms with Crippen LogP contribution in [0.15, 0.2) is 29.3 Å². The molecule has 1 aromatic carbocycles. The van der Waals surface area contributed by atoms with Crippen molar-refractivity contribution in [1.29, 1.82) is 0 Å². The third kappa shape index (κ3) is 6.28. The second-order valence-electron chi connectivity index (χ2n) is 7.94. The summed E-state index contributed by atoms with van der Waals surface area (Å²) in [5.74, 6) is 0.844. The largest absolute Gasteiger partial charge is 0.356 e. The van der Waals surface area contributed by atoms with Crippen molar-refractivity contribution in [2.75, 3.05) is 20.1 Å². The summed E-state index contributed by atoms with van der Waals surface area (Å²) < 4.78 is 0. The van der Waals surface area contributed by atoms with E-state index in [0.29, 0.717) is 6.04 Å². The van der Waals surface area contributed by atoms with Crippen LogP contribution in [0.1, 0.15) is 52.9 Å². The third-order valence-electron chi connectivity index (χ3n) is 5.81. The number of hydrogen-bond acceptors (Lipinski definition) is 4. The fourth-order valence-electron chi connectivity index (χ4n) is 3.83. The standard InChI is InChI=1S/C23H35N5S/c1-17-9-7-8-14-28(17)16-21-11-6-5-10-20(21)15-26-23(24-4)25-13-12-22-27-18(2)19(3)29-22/h5-6,10-11,17H,7-9,12-16H2,1-4H3,(H2,24,25,26). The van der Waals surface area contributed by atoms with E-state index < -0.39 is 0 Å². The lowest BCUT2D eigenvalue weighted by Gasteiger charge is -2.33. The zero-order chi connectivity index (χ0) is 20.6. The van der Waals surface area contributed by atoms with Crippen LogP contribution in [0.5, 0.6) is 0 Å². The third-order valence-corrected chi connectivity index (χ3v) is 6.94. The van der Waals surface area contributed by atoms with Crippen molar-refractivity contribution >= 4 is 17.3 Å². The molecule has 0 bridgehead atoms. The zero-order valence-corrected chi connectivity index (χ0v) is 19.1. The van der Waals surface area contributed by atoms with Crippen molar-refractivity contribution in [3.63, 3.8) is 0 Å². The summed E-state index contributed by atoms with van der Waals surface area (Å²) in [5, 5.41) is 8.08. The molecule has 5 nitrogen and oxygen atoms in total. The van der Waals surface area contributed by atoms with Gasteiger partial charge in [-0.1, -0.05) is 30.7 Å². The van der Waals surface area contributed by atoms with Gasteiger partial charge in [0.15, 0.2) is 5.96 Å². The lowest BCUT2D eigenvalue weighted by atomic mass is 10.0. The zero-order valence-electron chi connectivity index (χ0n) is 18.3. The molecule has 2 N–H and O–H groups in total. The van der Waals surface area contributed by atoms with Gasteiger partial charge in [-0.25, -0.2) is 4.98 Å². The van der Waals surface area contributed by atoms with E-state index in [0.717, 1.165) is 37.7 Å². The molecule has 0 aliphatic carbocycles. The van der Waals surface area contributed by atoms with Crippen LogP contribution in [0.25, 0.3) is 0 Å². The first-order chi connectivity index (χ1) is 14.1. The summed E-state index contributed by atoms with van der Waals surface area (Å²) in [5.41, 5.74) is 3.91. The number of nitrogens with one attached hydrogen (secondary N) is 2. The lowest BCUT2D eigenvalue weighted by molar-refractivity contribution is 0.152. The van der Waals surface area contributed by atoms with Crippen LogP contribution in [-0.2, 0) is 19.5 Å². The van der Waals surface area contributed by atoms with Crippen LogP contribution >= 0.6 is 11.3 Å². The Morgan fingerprint density at radius 3 is 2.69 bits per heavy atom. The highest BCUT2D eigenvalue weighted by molar-refractivity contribution is 7.11. The van der Waals surface area contributed by atoms with Crippen LogP contribution in [0, 0.1) is 13.8 Å². The molecule has 1 aromatic heterocycles. The van der Waals surface area contributed by atoms with E-state index in [1.54, 1.807) is 11.3 Å². The molecule has 29 heavy (non-hydrogen) atoms. The van der Waals surface area contributed by atoms with Crippen molar-refractivity contribution in [1.82, 2.24) is 20.5 Å². The van der Waals surface area contributed by atoms with Crippen LogP contribution in [0.3, 0.4) is 0 Å². The first-order valence-electron chi connectivity index (χ1n) is 10.7. The van der Waals surface area contributed by atoms with Gasteiger partial charge < -0.3 is 10.6 Å². The molecule has 3 rings (SSSR count). The van der Waals surface area contributed by atoms with E-state index in [4.69, 9.17) is 0 Å². The van der Waals surface area contributed by atoms with E-state index in [1.165, 1.54) is 46.8 Å². The molecule has 1 aliphatic rings. The second-order valence-corrected chi connectivity index (χ2v) is 9.22. The Balaban J connectivity index is 1.51. The summed E-state index contributed by atoms with van der Waals surface area (Å²) >= 11 is 1.79. The molecule has 2 heterocycles. The van der Waals surface area contributed by atoms with E-state index in [2.05, 4.69) is 70.5 Å². The number of piperidine rings is 1. The molecule has 1 atom stereocenters. The van der Waals surface area contributed by atoms with Crippen LogP contribution < -0.4 is 10.6 Å². The number of aliphatic imine (C=N–C) groups is 1. The highest BCUT2D eigenvalue weighted by Crippen LogP contribution is 2.21. The van der Waals surface area contributed by atoms with Crippen molar-refractivity contribution in [2.45, 2.75) is 65.6 Å². The van der Waals surface area contributed by atoms with Gasteiger partial charge in [-0.2, -0.15) is 0 Å². The second kappa shape index (κ2) is 10.7. The van der Waals surface area contributed by atoms with Crippen LogP contribution in [-0.4, -0.2) is 42.0 Å². The number of likely N-dealkylation sites (tertiary alicyclic amines) is 1. The molecule has 6 heteroatoms. The summed E-state index contributed by atoms with van der Waals surface area (Å²) in [6.45, 7) is 10.4. The predicted molar refractivity (Wildman–Crippen MR) is 124 cm³/mol. The Morgan fingerprint density at radius 2 is 2.00 bits per heavy atom. The maximum Gasteiger partial charge on any atom is 0.191 e. The van der Waals surface area contributed by atoms with Gasteiger partial charge in [0.25, 0.3) is 0 Å². The number of benzene rings is 1. The van der Waals surface area contributed by atoms with Crippen molar-refractivity contribution < 1.29 is 0 Å². The minimum absolute atomic E-state index is 0.678. The normalized spacial score (nSPS) is 18.1. The molecule has 0 radical (unpaired) electrons. The molecule has 158 valence electrons. The van der Waals surface area contributed by atoms with E-state index in [1.807, 2.05) is 7.05 Å². The first kappa shape index (κ1) is 21.8. The van der Waals surface area contributed by atoms with Gasteiger partial charge in [0, 0.05) is 44.0 Å². The number of rotatable bonds is 7. The summed E-state index contributed by atoms with van der Waals surface area (Å²) in [7, 11) is 1.83. The van der Waals surface area contributed by atoms with Gasteiger partial charge in [-0.05, 0) is 51.3 Å². The molecular formula is C23H35N5S. The fraction of sp³-hybridized carbons (Fsp3) is 0.565. The Morgan fingerprint density at radius 1 is 1.21 bits per heavy atom. The summed E-state index contributed by atoms with van der Waals surface area (Å²) in [4.78, 5) is 12.9. The van der Waals surface area contributed by atoms with E-state index in [-0.39, 0.29) is 0 Å². The highest BCUT2D eigenvalue weighted by atomic mass is 32.1. The molecule has 2 aromatic rings. The van der Waals surface area contributed by atoms with E-state index in [9.17, 15) is 0 Å². The monoisotopic (exact) mass is 413 g/mol. The number of guanidine groups is 1. The van der Waals surface area contributed by atoms with Gasteiger partial charge in [0.1, 0.15) is 0 Å². The Hall–Kier alpha value is -1.92. The molecule has 0 amide bonds. The topological polar surface area (TPSA) is 52.6 Å². The first-order valence-corrected chi connectivity index (χ1v) is 11.6. The van der Waals surface area contributed by atoms with Gasteiger partial charge in [-0.3, -0.25) is 9.89 Å². The molecule has 1 aliphatic heterocycles. The number of aromatic nitrogens is 1. The van der Waals surface area contributed by atoms with Crippen molar-refractivity contribution in [3.05, 3.63) is 51.0 Å². The van der Waals surface area contributed by atoms with Gasteiger partial charge in [0.2, 0.25) is 0 Å². The molecular weight excluding hydrogens is 378 g/mol. The number of thiazole rings is 1. The highest BCUT2D eigenvalue weighted by Gasteiger charge is 2.19. The number of hydrogen-bond donors (Lipinski definition) is 2. The summed E-state index contributed by atoms with van der Waals surface area (Å²) in [6, 6.07) is 9.45. The van der Waals surface area contributed by atoms with Gasteiger partial charge >= 0.3 is 0 Å². The van der Waals surface area contributed by atoms with Crippen LogP contribution in [0.4, 0.5) is 0 Å². The number of aryl methyl sites for hydroxylation is 2. The Bertz CT molecular complexity index is 794. The minimum Gasteiger partial charge on any atom is -0.356 e. The van der Waals surface area contributed by atoms with Crippen molar-refractivity contribution in [2.24, 2.45) is 4.99 Å². The number of nitrogens with zero attached hydrogens (tertiary/aromatic N) is 3. The molecule has 1 unspecified atom stereocenters. The smallest absolute Gasteiger partial charge is 0.191 e. The Labute approximate surface area is 179 Å². The minimum atomic E-state index is 0.678. The lowest BCUT2D eigenvalue weighted by Crippen LogP contribution is -2.39. The maximum absolute atomic E-state index is 4.61. The average molecular weight is 414 g/mol. The van der Waals surface area contributed by atoms with E-state index >= 15 is 0 Å². The molecule has 1 fully saturated rings. The maximum atomic E-state index is 4.61.